The van der Waals surface area contributed by atoms with Gasteiger partial charge in [-0.1, -0.05) is 50.6 Å². The lowest BCUT2D eigenvalue weighted by Crippen LogP contribution is -2.45. The van der Waals surface area contributed by atoms with Crippen LogP contribution in [0.2, 0.25) is 0 Å². The van der Waals surface area contributed by atoms with Crippen LogP contribution in [0.5, 0.6) is 0 Å². The number of hydrogen-bond acceptors (Lipinski definition) is 2. The molecular weight excluding hydrogens is 311 g/mol. The zero-order valence-electron chi connectivity index (χ0n) is 12.9. The van der Waals surface area contributed by atoms with Crippen LogP contribution >= 0.6 is 0 Å². The Morgan fingerprint density at radius 2 is 1.78 bits per heavy atom. The summed E-state index contributed by atoms with van der Waals surface area (Å²) in [5.74, 6) is -4.52. The number of amides is 1. The number of carbonyl (C=O) groups is 2. The maximum Gasteiger partial charge on any atom is 0.396 e. The van der Waals surface area contributed by atoms with E-state index in [0.717, 1.165) is 0 Å². The highest BCUT2D eigenvalue weighted by Crippen LogP contribution is 2.37. The van der Waals surface area contributed by atoms with Crippen molar-refractivity contribution in [2.24, 2.45) is 5.92 Å². The van der Waals surface area contributed by atoms with E-state index in [-0.39, 0.29) is 11.5 Å². The maximum atomic E-state index is 13.2. The smallest absolute Gasteiger partial charge is 0.396 e. The second kappa shape index (κ2) is 7.99. The van der Waals surface area contributed by atoms with Gasteiger partial charge in [-0.2, -0.15) is 13.2 Å². The standard InChI is InChI=1S/C16H20F3NO3/c1-3-10(2)14(15(22)23)20-13(21)9-12(16(17,18)19)11-7-5-4-6-8-11/h4-8,10,12,14H,3,9H2,1-2H3,(H,20,21)(H,22,23)/t10-,12?,14-/m0/s1. The highest BCUT2D eigenvalue weighted by atomic mass is 19.4. The number of nitrogens with one attached hydrogen (secondary N) is 1. The average molecular weight is 331 g/mol. The summed E-state index contributed by atoms with van der Waals surface area (Å²) in [6.07, 6.45) is -4.94. The van der Waals surface area contributed by atoms with Gasteiger partial charge in [-0.3, -0.25) is 4.79 Å². The predicted molar refractivity (Wildman–Crippen MR) is 78.9 cm³/mol. The van der Waals surface area contributed by atoms with Crippen LogP contribution in [-0.2, 0) is 9.59 Å². The zero-order chi connectivity index (χ0) is 17.6. The number of carbonyl (C=O) groups excluding carboxylic acids is 1. The molecule has 4 nitrogen and oxygen atoms in total. The van der Waals surface area contributed by atoms with Crippen molar-refractivity contribution >= 4 is 11.9 Å². The minimum absolute atomic E-state index is 0.0226. The van der Waals surface area contributed by atoms with E-state index in [0.29, 0.717) is 6.42 Å². The van der Waals surface area contributed by atoms with E-state index in [1.54, 1.807) is 19.9 Å². The van der Waals surface area contributed by atoms with Gasteiger partial charge in [-0.05, 0) is 11.5 Å². The third-order valence-electron chi connectivity index (χ3n) is 3.78. The van der Waals surface area contributed by atoms with E-state index in [1.165, 1.54) is 24.3 Å². The number of aliphatic carboxylic acids is 1. The molecule has 7 heteroatoms. The van der Waals surface area contributed by atoms with Crippen LogP contribution < -0.4 is 5.32 Å². The first-order chi connectivity index (χ1) is 10.7. The molecule has 0 heterocycles. The van der Waals surface area contributed by atoms with Gasteiger partial charge in [0, 0.05) is 6.42 Å². The molecule has 0 fully saturated rings. The van der Waals surface area contributed by atoms with E-state index in [9.17, 15) is 22.8 Å². The second-order valence-corrected chi connectivity index (χ2v) is 5.48. The van der Waals surface area contributed by atoms with Gasteiger partial charge in [0.15, 0.2) is 0 Å². The number of carboxylic acids is 1. The number of rotatable bonds is 7. The van der Waals surface area contributed by atoms with Crippen LogP contribution in [0.1, 0.15) is 38.2 Å². The first kappa shape index (κ1) is 19.0. The van der Waals surface area contributed by atoms with Crippen LogP contribution in [-0.4, -0.2) is 29.2 Å². The van der Waals surface area contributed by atoms with Gasteiger partial charge in [0.1, 0.15) is 6.04 Å². The molecule has 0 saturated heterocycles. The Kier molecular flexibility index (Phi) is 6.60. The van der Waals surface area contributed by atoms with Crippen molar-refractivity contribution < 1.29 is 27.9 Å². The summed E-state index contributed by atoms with van der Waals surface area (Å²) < 4.78 is 39.6. The van der Waals surface area contributed by atoms with Crippen molar-refractivity contribution in [1.82, 2.24) is 5.32 Å². The summed E-state index contributed by atoms with van der Waals surface area (Å²) >= 11 is 0. The third kappa shape index (κ3) is 5.58. The minimum Gasteiger partial charge on any atom is -0.480 e. The molecule has 0 aliphatic carbocycles. The summed E-state index contributed by atoms with van der Waals surface area (Å²) in [5.41, 5.74) is -0.0226. The Labute approximate surface area is 132 Å². The molecule has 0 aliphatic rings. The lowest BCUT2D eigenvalue weighted by atomic mass is 9.93. The highest BCUT2D eigenvalue weighted by molar-refractivity contribution is 5.84. The fraction of sp³-hybridized carbons (Fsp3) is 0.500. The maximum absolute atomic E-state index is 13.2. The van der Waals surface area contributed by atoms with Crippen molar-refractivity contribution in [3.63, 3.8) is 0 Å². The molecule has 3 atom stereocenters. The first-order valence-corrected chi connectivity index (χ1v) is 7.30. The number of benzene rings is 1. The van der Waals surface area contributed by atoms with Gasteiger partial charge in [0.25, 0.3) is 0 Å². The number of alkyl halides is 3. The monoisotopic (exact) mass is 331 g/mol. The second-order valence-electron chi connectivity index (χ2n) is 5.48. The SMILES string of the molecule is CC[C@H](C)[C@H](NC(=O)CC(c1ccccc1)C(F)(F)F)C(=O)O. The van der Waals surface area contributed by atoms with Crippen molar-refractivity contribution in [2.75, 3.05) is 0 Å². The predicted octanol–water partition coefficient (Wildman–Crippen LogP) is 3.34. The summed E-state index contributed by atoms with van der Waals surface area (Å²) in [7, 11) is 0. The van der Waals surface area contributed by atoms with Crippen molar-refractivity contribution in [3.8, 4) is 0 Å². The van der Waals surface area contributed by atoms with Gasteiger partial charge in [0.05, 0.1) is 5.92 Å². The van der Waals surface area contributed by atoms with Gasteiger partial charge >= 0.3 is 12.1 Å². The van der Waals surface area contributed by atoms with E-state index < -0.39 is 36.4 Å². The van der Waals surface area contributed by atoms with E-state index in [4.69, 9.17) is 5.11 Å². The van der Waals surface area contributed by atoms with Crippen LogP contribution in [0.3, 0.4) is 0 Å². The van der Waals surface area contributed by atoms with Gasteiger partial charge in [0.2, 0.25) is 5.91 Å². The third-order valence-corrected chi connectivity index (χ3v) is 3.78. The first-order valence-electron chi connectivity index (χ1n) is 7.30. The molecule has 0 aliphatic heterocycles. The van der Waals surface area contributed by atoms with Crippen LogP contribution in [0.25, 0.3) is 0 Å². The molecule has 0 aromatic heterocycles. The number of halogens is 3. The summed E-state index contributed by atoms with van der Waals surface area (Å²) in [5, 5.41) is 11.3. The molecular formula is C16H20F3NO3. The molecule has 0 spiro atoms. The van der Waals surface area contributed by atoms with Crippen molar-refractivity contribution in [2.45, 2.75) is 44.8 Å². The Morgan fingerprint density at radius 1 is 1.22 bits per heavy atom. The molecule has 128 valence electrons. The molecule has 1 aromatic rings. The van der Waals surface area contributed by atoms with E-state index in [1.807, 2.05) is 0 Å². The molecule has 1 unspecified atom stereocenters. The zero-order valence-corrected chi connectivity index (χ0v) is 12.9. The van der Waals surface area contributed by atoms with Gasteiger partial charge in [-0.15, -0.1) is 0 Å². The van der Waals surface area contributed by atoms with Crippen LogP contribution in [0.15, 0.2) is 30.3 Å². The Morgan fingerprint density at radius 3 is 2.22 bits per heavy atom. The topological polar surface area (TPSA) is 66.4 Å². The van der Waals surface area contributed by atoms with E-state index >= 15 is 0 Å². The number of carboxylic acid groups (broad SMARTS) is 1. The number of hydrogen-bond donors (Lipinski definition) is 2. The van der Waals surface area contributed by atoms with Crippen molar-refractivity contribution in [1.29, 1.82) is 0 Å². The van der Waals surface area contributed by atoms with Crippen LogP contribution in [0.4, 0.5) is 13.2 Å². The summed E-state index contributed by atoms with van der Waals surface area (Å²) in [6, 6.07) is 5.91. The minimum atomic E-state index is -4.59. The fourth-order valence-electron chi connectivity index (χ4n) is 2.21. The molecule has 1 aromatic carbocycles. The molecule has 23 heavy (non-hydrogen) atoms. The molecule has 1 rings (SSSR count). The van der Waals surface area contributed by atoms with Crippen LogP contribution in [0, 0.1) is 5.92 Å². The lowest BCUT2D eigenvalue weighted by Gasteiger charge is -2.23. The Hall–Kier alpha value is -2.05. The molecule has 2 N–H and O–H groups in total. The average Bonchev–Trinajstić information content (AvgIpc) is 2.49. The quantitative estimate of drug-likeness (QED) is 0.805. The largest absolute Gasteiger partial charge is 0.480 e. The van der Waals surface area contributed by atoms with Crippen molar-refractivity contribution in [3.05, 3.63) is 35.9 Å². The fourth-order valence-corrected chi connectivity index (χ4v) is 2.21. The molecule has 0 radical (unpaired) electrons. The normalized spacial score (nSPS) is 15.5. The summed E-state index contributed by atoms with van der Waals surface area (Å²) in [6.45, 7) is 3.37. The Balaban J connectivity index is 2.88. The molecule has 0 bridgehead atoms. The Bertz CT molecular complexity index is 531. The van der Waals surface area contributed by atoms with Gasteiger partial charge < -0.3 is 10.4 Å². The lowest BCUT2D eigenvalue weighted by molar-refractivity contribution is -0.158. The highest BCUT2D eigenvalue weighted by Gasteiger charge is 2.42. The summed E-state index contributed by atoms with van der Waals surface area (Å²) in [4.78, 5) is 23.1. The van der Waals surface area contributed by atoms with Gasteiger partial charge in [-0.25, -0.2) is 4.79 Å². The molecule has 0 saturated carbocycles. The van der Waals surface area contributed by atoms with E-state index in [2.05, 4.69) is 5.32 Å². The molecule has 1 amide bonds.